The van der Waals surface area contributed by atoms with E-state index in [1.807, 2.05) is 49.2 Å². The second-order valence-corrected chi connectivity index (χ2v) is 7.21. The second-order valence-electron chi connectivity index (χ2n) is 7.21. The number of halogens is 2. The van der Waals surface area contributed by atoms with E-state index in [1.165, 1.54) is 13.2 Å². The summed E-state index contributed by atoms with van der Waals surface area (Å²) in [5.74, 6) is 0.587. The average Bonchev–Trinajstić information content (AvgIpc) is 2.72. The van der Waals surface area contributed by atoms with Gasteiger partial charge in [0.2, 0.25) is 0 Å². The summed E-state index contributed by atoms with van der Waals surface area (Å²) in [5, 5.41) is 3.27. The van der Waals surface area contributed by atoms with Crippen molar-refractivity contribution in [2.75, 3.05) is 41.3 Å². The molecule has 0 aliphatic heterocycles. The molecule has 0 bridgehead atoms. The first kappa shape index (κ1) is 26.7. The number of carbonyl (C=O) groups excluding carboxylic acids is 1. The molecule has 2 aromatic rings. The van der Waals surface area contributed by atoms with Crippen LogP contribution >= 0.6 is 24.0 Å². The Bertz CT molecular complexity index is 890. The van der Waals surface area contributed by atoms with Gasteiger partial charge in [-0.25, -0.2) is 4.39 Å². The predicted molar refractivity (Wildman–Crippen MR) is 134 cm³/mol. The van der Waals surface area contributed by atoms with E-state index in [0.717, 1.165) is 23.6 Å². The van der Waals surface area contributed by atoms with Gasteiger partial charge in [-0.15, -0.1) is 24.0 Å². The van der Waals surface area contributed by atoms with Crippen LogP contribution in [0.3, 0.4) is 0 Å². The number of benzene rings is 2. The fraction of sp³-hybridized carbons (Fsp3) is 0.391. The van der Waals surface area contributed by atoms with Gasteiger partial charge in [0.05, 0.1) is 7.11 Å². The molecule has 0 unspecified atom stereocenters. The molecule has 0 atom stereocenters. The normalized spacial score (nSPS) is 10.8. The maximum Gasteiger partial charge on any atom is 0.253 e. The molecule has 0 spiro atoms. The molecule has 0 aromatic heterocycles. The van der Waals surface area contributed by atoms with Gasteiger partial charge in [0.15, 0.2) is 17.5 Å². The molecule has 0 aliphatic rings. The van der Waals surface area contributed by atoms with E-state index in [4.69, 9.17) is 4.74 Å². The molecule has 0 saturated heterocycles. The maximum atomic E-state index is 14.0. The van der Waals surface area contributed by atoms with E-state index in [0.29, 0.717) is 25.1 Å². The minimum Gasteiger partial charge on any atom is -0.494 e. The summed E-state index contributed by atoms with van der Waals surface area (Å²) in [6, 6.07) is 12.6. The third kappa shape index (κ3) is 8.01. The number of rotatable bonds is 8. The molecule has 31 heavy (non-hydrogen) atoms. The first-order valence-corrected chi connectivity index (χ1v) is 9.98. The summed E-state index contributed by atoms with van der Waals surface area (Å²) in [6.45, 7) is 3.82. The summed E-state index contributed by atoms with van der Waals surface area (Å²) in [6.07, 6.45) is 0.717. The third-order valence-corrected chi connectivity index (χ3v) is 4.57. The fourth-order valence-electron chi connectivity index (χ4n) is 3.04. The lowest BCUT2D eigenvalue weighted by Crippen LogP contribution is -2.38. The van der Waals surface area contributed by atoms with Gasteiger partial charge in [-0.2, -0.15) is 0 Å². The number of amides is 1. The Morgan fingerprint density at radius 1 is 1.13 bits per heavy atom. The van der Waals surface area contributed by atoms with Crippen molar-refractivity contribution in [1.82, 2.24) is 15.1 Å². The van der Waals surface area contributed by atoms with Gasteiger partial charge < -0.3 is 19.9 Å². The third-order valence-electron chi connectivity index (χ3n) is 4.57. The number of methoxy groups -OCH3 is 1. The van der Waals surface area contributed by atoms with Gasteiger partial charge >= 0.3 is 0 Å². The number of guanidine groups is 1. The largest absolute Gasteiger partial charge is 0.494 e. The SMILES string of the molecule is CCNC(=NCCc1cccc(C(=O)N(C)C)c1)N(C)Cc1ccc(OC)c(F)c1.I. The zero-order valence-electron chi connectivity index (χ0n) is 18.8. The summed E-state index contributed by atoms with van der Waals surface area (Å²) >= 11 is 0. The Kier molecular flexibility index (Phi) is 11.3. The van der Waals surface area contributed by atoms with Gasteiger partial charge in [0.1, 0.15) is 0 Å². The molecule has 1 amide bonds. The van der Waals surface area contributed by atoms with Crippen LogP contribution < -0.4 is 10.1 Å². The molecule has 0 aliphatic carbocycles. The molecular weight excluding hydrogens is 510 g/mol. The molecule has 0 saturated carbocycles. The summed E-state index contributed by atoms with van der Waals surface area (Å²) in [5.41, 5.74) is 2.56. The number of nitrogens with one attached hydrogen (secondary N) is 1. The molecular formula is C23H32FIN4O2. The predicted octanol–water partition coefficient (Wildman–Crippen LogP) is 3.79. The Morgan fingerprint density at radius 2 is 1.87 bits per heavy atom. The van der Waals surface area contributed by atoms with Crippen molar-refractivity contribution in [3.05, 3.63) is 65.0 Å². The van der Waals surface area contributed by atoms with E-state index < -0.39 is 0 Å². The van der Waals surface area contributed by atoms with Crippen molar-refractivity contribution in [2.45, 2.75) is 19.9 Å². The fourth-order valence-corrected chi connectivity index (χ4v) is 3.04. The maximum absolute atomic E-state index is 14.0. The van der Waals surface area contributed by atoms with Crippen molar-refractivity contribution in [3.63, 3.8) is 0 Å². The van der Waals surface area contributed by atoms with Crippen LogP contribution in [-0.2, 0) is 13.0 Å². The van der Waals surface area contributed by atoms with Crippen LogP contribution in [-0.4, -0.2) is 63.0 Å². The van der Waals surface area contributed by atoms with E-state index in [-0.39, 0.29) is 41.5 Å². The van der Waals surface area contributed by atoms with E-state index >= 15 is 0 Å². The van der Waals surface area contributed by atoms with Crippen molar-refractivity contribution in [1.29, 1.82) is 0 Å². The molecule has 2 rings (SSSR count). The Labute approximate surface area is 201 Å². The average molecular weight is 542 g/mol. The van der Waals surface area contributed by atoms with Gasteiger partial charge in [-0.05, 0) is 48.7 Å². The highest BCUT2D eigenvalue weighted by molar-refractivity contribution is 14.0. The van der Waals surface area contributed by atoms with Crippen LogP contribution in [0.2, 0.25) is 0 Å². The van der Waals surface area contributed by atoms with Crippen LogP contribution in [0, 0.1) is 5.82 Å². The molecule has 1 N–H and O–H groups in total. The zero-order chi connectivity index (χ0) is 22.1. The lowest BCUT2D eigenvalue weighted by atomic mass is 10.1. The first-order valence-electron chi connectivity index (χ1n) is 9.98. The first-order chi connectivity index (χ1) is 14.3. The number of hydrogen-bond donors (Lipinski definition) is 1. The molecule has 170 valence electrons. The Hall–Kier alpha value is -2.36. The number of carbonyl (C=O) groups is 1. The van der Waals surface area contributed by atoms with Crippen LogP contribution in [0.15, 0.2) is 47.5 Å². The Balaban J connectivity index is 0.00000480. The molecule has 0 heterocycles. The van der Waals surface area contributed by atoms with Crippen molar-refractivity contribution in [3.8, 4) is 5.75 Å². The van der Waals surface area contributed by atoms with E-state index in [2.05, 4.69) is 10.3 Å². The second kappa shape index (κ2) is 13.1. The highest BCUT2D eigenvalue weighted by atomic mass is 127. The molecule has 8 heteroatoms. The minimum absolute atomic E-state index is 0. The summed E-state index contributed by atoms with van der Waals surface area (Å²) in [4.78, 5) is 20.3. The standard InChI is InChI=1S/C23H31FN4O2.HI/c1-6-25-23(28(4)16-18-10-11-21(30-5)20(24)15-18)26-13-12-17-8-7-9-19(14-17)22(29)27(2)3;/h7-11,14-15H,6,12-13,16H2,1-5H3,(H,25,26);1H. The van der Waals surface area contributed by atoms with Gasteiger partial charge in [0, 0.05) is 46.3 Å². The number of nitrogens with zero attached hydrogens (tertiary/aromatic N) is 3. The monoisotopic (exact) mass is 542 g/mol. The van der Waals surface area contributed by atoms with Crippen LogP contribution in [0.1, 0.15) is 28.4 Å². The van der Waals surface area contributed by atoms with Gasteiger partial charge in [0.25, 0.3) is 5.91 Å². The van der Waals surface area contributed by atoms with Gasteiger partial charge in [-0.1, -0.05) is 18.2 Å². The van der Waals surface area contributed by atoms with Crippen molar-refractivity contribution < 1.29 is 13.9 Å². The highest BCUT2D eigenvalue weighted by Crippen LogP contribution is 2.18. The number of hydrogen-bond acceptors (Lipinski definition) is 3. The Morgan fingerprint density at radius 3 is 2.48 bits per heavy atom. The zero-order valence-corrected chi connectivity index (χ0v) is 21.1. The number of aliphatic imine (C=N–C) groups is 1. The smallest absolute Gasteiger partial charge is 0.253 e. The van der Waals surface area contributed by atoms with Gasteiger partial charge in [-0.3, -0.25) is 9.79 Å². The summed E-state index contributed by atoms with van der Waals surface area (Å²) < 4.78 is 18.9. The van der Waals surface area contributed by atoms with E-state index in [9.17, 15) is 9.18 Å². The van der Waals surface area contributed by atoms with Crippen LogP contribution in [0.5, 0.6) is 5.75 Å². The van der Waals surface area contributed by atoms with Crippen LogP contribution in [0.25, 0.3) is 0 Å². The topological polar surface area (TPSA) is 57.2 Å². The lowest BCUT2D eigenvalue weighted by molar-refractivity contribution is 0.0827. The molecule has 2 aromatic carbocycles. The molecule has 0 radical (unpaired) electrons. The minimum atomic E-state index is -0.377. The van der Waals surface area contributed by atoms with E-state index in [1.54, 1.807) is 25.1 Å². The van der Waals surface area contributed by atoms with Crippen LogP contribution in [0.4, 0.5) is 4.39 Å². The molecule has 6 nitrogen and oxygen atoms in total. The molecule has 0 fully saturated rings. The lowest BCUT2D eigenvalue weighted by Gasteiger charge is -2.22. The van der Waals surface area contributed by atoms with Crippen molar-refractivity contribution in [2.24, 2.45) is 4.99 Å². The number of ether oxygens (including phenoxy) is 1. The van der Waals surface area contributed by atoms with Crippen molar-refractivity contribution >= 4 is 35.8 Å². The quantitative estimate of drug-likeness (QED) is 0.314. The summed E-state index contributed by atoms with van der Waals surface area (Å²) in [7, 11) is 6.85. The highest BCUT2D eigenvalue weighted by Gasteiger charge is 2.10.